The Bertz CT molecular complexity index is 1400. The van der Waals surface area contributed by atoms with Crippen LogP contribution in [-0.4, -0.2) is 38.3 Å². The molecule has 176 valence electrons. The number of nitrogens with zero attached hydrogens (tertiary/aromatic N) is 4. The van der Waals surface area contributed by atoms with Crippen LogP contribution in [0.25, 0.3) is 22.6 Å². The fraction of sp³-hybridized carbons (Fsp3) is 0.308. The number of hydrogen-bond acceptors (Lipinski definition) is 6. The highest BCUT2D eigenvalue weighted by Gasteiger charge is 2.18. The SMILES string of the molecule is CCOC(=O)CCCOc1cccn2c(=O)c(-c3cc(C)n(-c4cccc(C)c4)n3)c(C)nc12. The molecule has 4 rings (SSSR count). The van der Waals surface area contributed by atoms with E-state index >= 15 is 0 Å². The maximum atomic E-state index is 13.5. The molecule has 0 aliphatic rings. The average molecular weight is 461 g/mol. The Morgan fingerprint density at radius 2 is 1.91 bits per heavy atom. The van der Waals surface area contributed by atoms with E-state index in [1.165, 1.54) is 4.40 Å². The van der Waals surface area contributed by atoms with E-state index in [0.29, 0.717) is 48.0 Å². The molecule has 1 aromatic carbocycles. The predicted molar refractivity (Wildman–Crippen MR) is 130 cm³/mol. The van der Waals surface area contributed by atoms with Crippen LogP contribution < -0.4 is 10.3 Å². The highest BCUT2D eigenvalue weighted by molar-refractivity contribution is 5.69. The standard InChI is InChI=1S/C26H28N4O4/c1-5-33-23(31)12-8-14-34-22-11-7-13-29-25(22)27-19(4)24(26(29)32)21-16-18(3)30(28-21)20-10-6-9-17(2)15-20/h6-7,9-11,13,15-16H,5,8,12,14H2,1-4H3. The number of fused-ring (bicyclic) bond motifs is 1. The zero-order valence-electron chi connectivity index (χ0n) is 19.9. The number of rotatable bonds is 8. The van der Waals surface area contributed by atoms with E-state index in [4.69, 9.17) is 14.6 Å². The summed E-state index contributed by atoms with van der Waals surface area (Å²) in [6, 6.07) is 13.5. The van der Waals surface area contributed by atoms with Crippen LogP contribution in [-0.2, 0) is 9.53 Å². The quantitative estimate of drug-likeness (QED) is 0.289. The van der Waals surface area contributed by atoms with Gasteiger partial charge in [-0.25, -0.2) is 9.67 Å². The molecule has 0 amide bonds. The molecule has 3 heterocycles. The first kappa shape index (κ1) is 23.2. The molecule has 8 heteroatoms. The van der Waals surface area contributed by atoms with Gasteiger partial charge in [-0.3, -0.25) is 14.0 Å². The van der Waals surface area contributed by atoms with Gasteiger partial charge in [-0.2, -0.15) is 5.10 Å². The molecule has 4 aromatic rings. The van der Waals surface area contributed by atoms with Crippen molar-refractivity contribution in [3.05, 3.63) is 76.0 Å². The Morgan fingerprint density at radius 3 is 2.68 bits per heavy atom. The van der Waals surface area contributed by atoms with Gasteiger partial charge < -0.3 is 9.47 Å². The summed E-state index contributed by atoms with van der Waals surface area (Å²) in [6.45, 7) is 8.25. The molecule has 34 heavy (non-hydrogen) atoms. The van der Waals surface area contributed by atoms with Crippen LogP contribution in [0, 0.1) is 20.8 Å². The van der Waals surface area contributed by atoms with Gasteiger partial charge in [-0.1, -0.05) is 12.1 Å². The summed E-state index contributed by atoms with van der Waals surface area (Å²) in [5, 5.41) is 4.72. The molecular formula is C26H28N4O4. The van der Waals surface area contributed by atoms with Crippen molar-refractivity contribution in [1.82, 2.24) is 19.2 Å². The summed E-state index contributed by atoms with van der Waals surface area (Å²) in [5.74, 6) is 0.235. The Balaban J connectivity index is 1.66. The molecule has 0 fully saturated rings. The maximum absolute atomic E-state index is 13.5. The monoisotopic (exact) mass is 460 g/mol. The van der Waals surface area contributed by atoms with E-state index in [-0.39, 0.29) is 17.9 Å². The van der Waals surface area contributed by atoms with Crippen molar-refractivity contribution in [3.63, 3.8) is 0 Å². The smallest absolute Gasteiger partial charge is 0.305 e. The third-order valence-corrected chi connectivity index (χ3v) is 5.48. The zero-order valence-corrected chi connectivity index (χ0v) is 19.9. The van der Waals surface area contributed by atoms with Crippen LogP contribution in [0.15, 0.2) is 53.5 Å². The first-order valence-corrected chi connectivity index (χ1v) is 11.3. The van der Waals surface area contributed by atoms with Crippen molar-refractivity contribution in [2.45, 2.75) is 40.5 Å². The van der Waals surface area contributed by atoms with Crippen LogP contribution in [0.5, 0.6) is 5.75 Å². The van der Waals surface area contributed by atoms with Gasteiger partial charge in [0.15, 0.2) is 11.4 Å². The summed E-state index contributed by atoms with van der Waals surface area (Å²) in [6.07, 6.45) is 2.46. The minimum absolute atomic E-state index is 0.214. The molecule has 0 spiro atoms. The second kappa shape index (κ2) is 9.91. The van der Waals surface area contributed by atoms with Crippen LogP contribution >= 0.6 is 0 Å². The number of ether oxygens (including phenoxy) is 2. The fourth-order valence-corrected chi connectivity index (χ4v) is 3.90. The molecule has 0 saturated heterocycles. The van der Waals surface area contributed by atoms with Gasteiger partial charge in [0.1, 0.15) is 5.69 Å². The number of aromatic nitrogens is 4. The van der Waals surface area contributed by atoms with Crippen molar-refractivity contribution in [1.29, 1.82) is 0 Å². The lowest BCUT2D eigenvalue weighted by Gasteiger charge is -2.11. The predicted octanol–water partition coefficient (Wildman–Crippen LogP) is 4.19. The van der Waals surface area contributed by atoms with E-state index < -0.39 is 0 Å². The van der Waals surface area contributed by atoms with Gasteiger partial charge in [0.2, 0.25) is 0 Å². The number of pyridine rings is 1. The molecule has 0 radical (unpaired) electrons. The summed E-state index contributed by atoms with van der Waals surface area (Å²) in [4.78, 5) is 29.7. The molecule has 0 atom stereocenters. The number of benzene rings is 1. The maximum Gasteiger partial charge on any atom is 0.305 e. The molecule has 0 aliphatic heterocycles. The van der Waals surface area contributed by atoms with Crippen molar-refractivity contribution >= 4 is 11.6 Å². The van der Waals surface area contributed by atoms with Crippen LogP contribution in [0.4, 0.5) is 0 Å². The van der Waals surface area contributed by atoms with Gasteiger partial charge in [0.25, 0.3) is 5.56 Å². The highest BCUT2D eigenvalue weighted by atomic mass is 16.5. The zero-order chi connectivity index (χ0) is 24.2. The minimum Gasteiger partial charge on any atom is -0.490 e. The van der Waals surface area contributed by atoms with Gasteiger partial charge in [-0.05, 0) is 70.0 Å². The molecule has 0 bridgehead atoms. The number of carbonyl (C=O) groups excluding carboxylic acids is 1. The first-order chi connectivity index (χ1) is 16.4. The summed E-state index contributed by atoms with van der Waals surface area (Å²) >= 11 is 0. The Hall–Kier alpha value is -3.94. The largest absolute Gasteiger partial charge is 0.490 e. The van der Waals surface area contributed by atoms with Crippen molar-refractivity contribution < 1.29 is 14.3 Å². The van der Waals surface area contributed by atoms with E-state index in [1.54, 1.807) is 32.2 Å². The topological polar surface area (TPSA) is 87.7 Å². The second-order valence-corrected chi connectivity index (χ2v) is 8.12. The van der Waals surface area contributed by atoms with E-state index in [2.05, 4.69) is 4.98 Å². The van der Waals surface area contributed by atoms with Crippen LogP contribution in [0.1, 0.15) is 36.7 Å². The Morgan fingerprint density at radius 1 is 1.09 bits per heavy atom. The molecule has 3 aromatic heterocycles. The molecule has 8 nitrogen and oxygen atoms in total. The van der Waals surface area contributed by atoms with Crippen LogP contribution in [0.3, 0.4) is 0 Å². The minimum atomic E-state index is -0.251. The third-order valence-electron chi connectivity index (χ3n) is 5.48. The summed E-state index contributed by atoms with van der Waals surface area (Å²) < 4.78 is 14.1. The van der Waals surface area contributed by atoms with Gasteiger partial charge in [-0.15, -0.1) is 0 Å². The Labute approximate surface area is 197 Å². The number of hydrogen-bond donors (Lipinski definition) is 0. The van der Waals surface area contributed by atoms with E-state index in [1.807, 2.05) is 48.9 Å². The lowest BCUT2D eigenvalue weighted by atomic mass is 10.1. The lowest BCUT2D eigenvalue weighted by molar-refractivity contribution is -0.143. The number of carbonyl (C=O) groups is 1. The van der Waals surface area contributed by atoms with Crippen LogP contribution in [0.2, 0.25) is 0 Å². The molecule has 0 N–H and O–H groups in total. The fourth-order valence-electron chi connectivity index (χ4n) is 3.90. The molecule has 0 aliphatic carbocycles. The van der Waals surface area contributed by atoms with E-state index in [0.717, 1.165) is 16.9 Å². The van der Waals surface area contributed by atoms with Gasteiger partial charge in [0, 0.05) is 18.3 Å². The molecule has 0 saturated carbocycles. The number of aryl methyl sites for hydroxylation is 3. The molecule has 0 unspecified atom stereocenters. The number of esters is 1. The summed E-state index contributed by atoms with van der Waals surface area (Å²) in [7, 11) is 0. The van der Waals surface area contributed by atoms with Gasteiger partial charge >= 0.3 is 5.97 Å². The molecular weight excluding hydrogens is 432 g/mol. The lowest BCUT2D eigenvalue weighted by Crippen LogP contribution is -2.20. The highest BCUT2D eigenvalue weighted by Crippen LogP contribution is 2.24. The normalized spacial score (nSPS) is 11.1. The third kappa shape index (κ3) is 4.71. The van der Waals surface area contributed by atoms with Crippen molar-refractivity contribution in [3.8, 4) is 22.7 Å². The summed E-state index contributed by atoms with van der Waals surface area (Å²) in [5.41, 5.74) is 4.80. The van der Waals surface area contributed by atoms with Gasteiger partial charge in [0.05, 0.1) is 30.2 Å². The van der Waals surface area contributed by atoms with Crippen molar-refractivity contribution in [2.75, 3.05) is 13.2 Å². The van der Waals surface area contributed by atoms with Crippen molar-refractivity contribution in [2.24, 2.45) is 0 Å². The van der Waals surface area contributed by atoms with E-state index in [9.17, 15) is 9.59 Å². The second-order valence-electron chi connectivity index (χ2n) is 8.12. The average Bonchev–Trinajstić information content (AvgIpc) is 3.18. The Kier molecular flexibility index (Phi) is 6.77. The first-order valence-electron chi connectivity index (χ1n) is 11.3.